The van der Waals surface area contributed by atoms with Gasteiger partial charge in [-0.25, -0.2) is 0 Å². The monoisotopic (exact) mass is 412 g/mol. The molecule has 1 rings (SSSR count). The molecule has 1 heterocycles. The van der Waals surface area contributed by atoms with Gasteiger partial charge in [-0.05, 0) is 38.5 Å². The van der Waals surface area contributed by atoms with E-state index in [0.29, 0.717) is 19.3 Å². The Kier molecular flexibility index (Phi) is 12.4. The molecule has 12 heteroatoms. The van der Waals surface area contributed by atoms with Gasteiger partial charge in [-0.2, -0.15) is 13.2 Å². The number of alkyl halides is 3. The number of carboxylic acid groups (broad SMARTS) is 1. The fraction of sp³-hybridized carbons (Fsp3) is 0.923. The highest BCUT2D eigenvalue weighted by Crippen LogP contribution is 2.33. The Labute approximate surface area is 157 Å². The largest absolute Gasteiger partial charge is 0.480 e. The summed E-state index contributed by atoms with van der Waals surface area (Å²) in [6.07, 6.45) is -2.98. The first-order valence-electron chi connectivity index (χ1n) is 7.75. The Morgan fingerprint density at radius 2 is 1.80 bits per heavy atom. The Morgan fingerprint density at radius 1 is 1.20 bits per heavy atom. The number of halogens is 5. The topological polar surface area (TPSA) is 107 Å². The van der Waals surface area contributed by atoms with Crippen molar-refractivity contribution in [2.45, 2.75) is 62.6 Å². The van der Waals surface area contributed by atoms with Crippen LogP contribution in [0, 0.1) is 0 Å². The summed E-state index contributed by atoms with van der Waals surface area (Å²) in [5, 5.41) is 26.8. The highest BCUT2D eigenvalue weighted by Gasteiger charge is 2.46. The summed E-state index contributed by atoms with van der Waals surface area (Å²) < 4.78 is 38.6. The van der Waals surface area contributed by atoms with Crippen molar-refractivity contribution in [3.8, 4) is 0 Å². The average Bonchev–Trinajstić information content (AvgIpc) is 2.89. The molecule has 2 unspecified atom stereocenters. The Morgan fingerprint density at radius 3 is 2.28 bits per heavy atom. The van der Waals surface area contributed by atoms with E-state index >= 15 is 0 Å². The van der Waals surface area contributed by atoms with E-state index in [0.717, 1.165) is 0 Å². The molecule has 0 aromatic carbocycles. The first-order chi connectivity index (χ1) is 10.6. The van der Waals surface area contributed by atoms with E-state index in [4.69, 9.17) is 15.8 Å². The first-order valence-corrected chi connectivity index (χ1v) is 7.75. The molecule has 1 aliphatic rings. The number of likely N-dealkylation sites (tertiary alicyclic amines) is 1. The molecule has 6 nitrogen and oxygen atoms in total. The van der Waals surface area contributed by atoms with Crippen molar-refractivity contribution in [2.75, 3.05) is 13.1 Å². The number of hydrogen-bond acceptors (Lipinski definition) is 5. The van der Waals surface area contributed by atoms with Crippen LogP contribution in [0.2, 0.25) is 6.32 Å². The molecule has 25 heavy (non-hydrogen) atoms. The summed E-state index contributed by atoms with van der Waals surface area (Å²) in [5.41, 5.74) is 4.26. The van der Waals surface area contributed by atoms with E-state index in [9.17, 15) is 23.1 Å². The molecule has 0 amide bonds. The van der Waals surface area contributed by atoms with Gasteiger partial charge in [0.25, 0.3) is 0 Å². The molecular weight excluding hydrogens is 387 g/mol. The lowest BCUT2D eigenvalue weighted by molar-refractivity contribution is -0.176. The third-order valence-electron chi connectivity index (χ3n) is 4.35. The van der Waals surface area contributed by atoms with Crippen molar-refractivity contribution in [3.05, 3.63) is 0 Å². The SMILES string of the molecule is Cl.Cl.NC(CCCCB(O)O)(CCN1CCCC1C(F)(F)F)C(=O)O. The predicted molar refractivity (Wildman–Crippen MR) is 93.2 cm³/mol. The van der Waals surface area contributed by atoms with Gasteiger partial charge in [0.15, 0.2) is 0 Å². The summed E-state index contributed by atoms with van der Waals surface area (Å²) >= 11 is 0. The normalized spacial score (nSPS) is 20.3. The summed E-state index contributed by atoms with van der Waals surface area (Å²) in [4.78, 5) is 12.6. The van der Waals surface area contributed by atoms with Crippen LogP contribution in [-0.4, -0.2) is 64.0 Å². The quantitative estimate of drug-likeness (QED) is 0.339. The van der Waals surface area contributed by atoms with E-state index in [1.54, 1.807) is 0 Å². The van der Waals surface area contributed by atoms with E-state index in [1.165, 1.54) is 4.90 Å². The maximum atomic E-state index is 12.9. The van der Waals surface area contributed by atoms with E-state index < -0.39 is 30.8 Å². The number of nitrogens with two attached hydrogens (primary N) is 1. The first kappa shape index (κ1) is 27.0. The standard InChI is InChI=1S/C13H24BF3N2O4.2ClH/c15-13(16,17)10-4-3-8-19(10)9-6-12(18,11(20)21)5-1-2-7-14(22)23;;/h10,22-23H,1-9,18H2,(H,20,21);2*1H. The van der Waals surface area contributed by atoms with Gasteiger partial charge in [0, 0.05) is 6.54 Å². The molecule has 0 saturated carbocycles. The van der Waals surface area contributed by atoms with Gasteiger partial charge in [0.2, 0.25) is 0 Å². The fourth-order valence-corrected chi connectivity index (χ4v) is 2.91. The van der Waals surface area contributed by atoms with Crippen LogP contribution >= 0.6 is 24.8 Å². The highest BCUT2D eigenvalue weighted by atomic mass is 35.5. The van der Waals surface area contributed by atoms with Crippen molar-refractivity contribution in [1.29, 1.82) is 0 Å². The van der Waals surface area contributed by atoms with E-state index in [1.807, 2.05) is 0 Å². The lowest BCUT2D eigenvalue weighted by atomic mass is 9.81. The van der Waals surface area contributed by atoms with Crippen LogP contribution in [0.4, 0.5) is 13.2 Å². The van der Waals surface area contributed by atoms with Crippen molar-refractivity contribution in [2.24, 2.45) is 5.73 Å². The minimum atomic E-state index is -4.31. The van der Waals surface area contributed by atoms with E-state index in [-0.39, 0.29) is 63.5 Å². The molecule has 0 aromatic rings. The van der Waals surface area contributed by atoms with Gasteiger partial charge >= 0.3 is 19.3 Å². The molecule has 5 N–H and O–H groups in total. The molecular formula is C13H26BCl2F3N2O4. The molecule has 0 aromatic heterocycles. The molecule has 1 saturated heterocycles. The fourth-order valence-electron chi connectivity index (χ4n) is 2.91. The minimum absolute atomic E-state index is 0. The third kappa shape index (κ3) is 8.79. The number of unbranched alkanes of at least 4 members (excludes halogenated alkanes) is 1. The minimum Gasteiger partial charge on any atom is -0.480 e. The maximum Gasteiger partial charge on any atom is 0.451 e. The van der Waals surface area contributed by atoms with Gasteiger partial charge in [0.1, 0.15) is 11.6 Å². The molecule has 0 spiro atoms. The lowest BCUT2D eigenvalue weighted by Gasteiger charge is -2.31. The Balaban J connectivity index is 0. The van der Waals surface area contributed by atoms with Gasteiger partial charge in [0.05, 0.1) is 0 Å². The van der Waals surface area contributed by atoms with Crippen molar-refractivity contribution < 1.29 is 33.1 Å². The van der Waals surface area contributed by atoms with Crippen LogP contribution in [0.5, 0.6) is 0 Å². The highest BCUT2D eigenvalue weighted by molar-refractivity contribution is 6.40. The molecule has 0 aliphatic carbocycles. The summed E-state index contributed by atoms with van der Waals surface area (Å²) in [6.45, 7) is 0.270. The van der Waals surface area contributed by atoms with Crippen LogP contribution < -0.4 is 5.73 Å². The molecule has 1 aliphatic heterocycles. The van der Waals surface area contributed by atoms with Gasteiger partial charge in [-0.1, -0.05) is 12.8 Å². The summed E-state index contributed by atoms with van der Waals surface area (Å²) in [5.74, 6) is -1.25. The van der Waals surface area contributed by atoms with Crippen LogP contribution in [0.15, 0.2) is 0 Å². The molecule has 0 bridgehead atoms. The zero-order valence-corrected chi connectivity index (χ0v) is 15.4. The predicted octanol–water partition coefficient (Wildman–Crippen LogP) is 1.67. The molecule has 150 valence electrons. The number of rotatable bonds is 9. The lowest BCUT2D eigenvalue weighted by Crippen LogP contribution is -2.51. The van der Waals surface area contributed by atoms with Crippen LogP contribution in [-0.2, 0) is 4.79 Å². The second-order valence-corrected chi connectivity index (χ2v) is 6.17. The van der Waals surface area contributed by atoms with Crippen LogP contribution in [0.1, 0.15) is 38.5 Å². The van der Waals surface area contributed by atoms with Crippen molar-refractivity contribution in [1.82, 2.24) is 4.90 Å². The van der Waals surface area contributed by atoms with Gasteiger partial charge in [-0.3, -0.25) is 9.69 Å². The summed E-state index contributed by atoms with van der Waals surface area (Å²) in [6, 6.07) is -1.52. The third-order valence-corrected chi connectivity index (χ3v) is 4.35. The second kappa shape index (κ2) is 11.5. The number of hydrogen-bond donors (Lipinski definition) is 4. The number of carbonyl (C=O) groups is 1. The Hall–Kier alpha value is -0.255. The maximum absolute atomic E-state index is 12.9. The van der Waals surface area contributed by atoms with Crippen LogP contribution in [0.25, 0.3) is 0 Å². The zero-order chi connectivity index (χ0) is 17.7. The molecule has 2 atom stereocenters. The number of carboxylic acids is 1. The van der Waals surface area contributed by atoms with Gasteiger partial charge in [-0.15, -0.1) is 24.8 Å². The average molecular weight is 413 g/mol. The smallest absolute Gasteiger partial charge is 0.451 e. The van der Waals surface area contributed by atoms with Crippen molar-refractivity contribution in [3.63, 3.8) is 0 Å². The van der Waals surface area contributed by atoms with E-state index in [2.05, 4.69) is 0 Å². The van der Waals surface area contributed by atoms with Gasteiger partial charge < -0.3 is 20.9 Å². The Bertz CT molecular complexity index is 408. The van der Waals surface area contributed by atoms with Crippen molar-refractivity contribution >= 4 is 37.9 Å². The molecule has 1 fully saturated rings. The second-order valence-electron chi connectivity index (χ2n) is 6.17. The number of nitrogens with zero attached hydrogens (tertiary/aromatic N) is 1. The number of aliphatic carboxylic acids is 1. The zero-order valence-electron chi connectivity index (χ0n) is 13.7. The molecule has 0 radical (unpaired) electrons. The summed E-state index contributed by atoms with van der Waals surface area (Å²) in [7, 11) is -1.45. The van der Waals surface area contributed by atoms with Crippen LogP contribution in [0.3, 0.4) is 0 Å².